The van der Waals surface area contributed by atoms with Gasteiger partial charge in [0.2, 0.25) is 0 Å². The second kappa shape index (κ2) is 8.31. The van der Waals surface area contributed by atoms with Gasteiger partial charge < -0.3 is 14.8 Å². The second-order valence-electron chi connectivity index (χ2n) is 7.55. The quantitative estimate of drug-likeness (QED) is 0.697. The van der Waals surface area contributed by atoms with Crippen molar-refractivity contribution >= 4 is 22.9 Å². The summed E-state index contributed by atoms with van der Waals surface area (Å²) in [6.07, 6.45) is 1.25. The van der Waals surface area contributed by atoms with Gasteiger partial charge in [0.25, 0.3) is 11.5 Å². The number of H-pyrrole nitrogens is 1. The number of aromatic nitrogens is 2. The van der Waals surface area contributed by atoms with Gasteiger partial charge in [-0.05, 0) is 42.5 Å². The smallest absolute Gasteiger partial charge is 0.328 e. The van der Waals surface area contributed by atoms with E-state index in [1.54, 1.807) is 4.90 Å². The molecule has 2 aromatic heterocycles. The molecular weight excluding hydrogens is 400 g/mol. The fourth-order valence-electron chi connectivity index (χ4n) is 3.75. The molecular formula is C22H24N4O3S. The number of hydrogen-bond donors (Lipinski definition) is 1. The third-order valence-corrected chi connectivity index (χ3v) is 6.32. The molecule has 7 nitrogen and oxygen atoms in total. The normalized spacial score (nSPS) is 14.2. The highest BCUT2D eigenvalue weighted by molar-refractivity contribution is 7.09. The van der Waals surface area contributed by atoms with Crippen molar-refractivity contribution in [3.8, 4) is 0 Å². The molecule has 1 fully saturated rings. The van der Waals surface area contributed by atoms with Gasteiger partial charge in [-0.1, -0.05) is 18.2 Å². The van der Waals surface area contributed by atoms with E-state index in [-0.39, 0.29) is 18.0 Å². The number of thiophene rings is 1. The Morgan fingerprint density at radius 2 is 1.87 bits per heavy atom. The van der Waals surface area contributed by atoms with Crippen LogP contribution in [-0.4, -0.2) is 46.5 Å². The van der Waals surface area contributed by atoms with Crippen molar-refractivity contribution in [2.45, 2.75) is 20.4 Å². The lowest BCUT2D eigenvalue weighted by Crippen LogP contribution is -2.50. The van der Waals surface area contributed by atoms with Gasteiger partial charge in [-0.25, -0.2) is 4.79 Å². The summed E-state index contributed by atoms with van der Waals surface area (Å²) in [6, 6.07) is 10.1. The van der Waals surface area contributed by atoms with Gasteiger partial charge in [0.05, 0.1) is 6.54 Å². The summed E-state index contributed by atoms with van der Waals surface area (Å²) in [5, 5.41) is 1.89. The van der Waals surface area contributed by atoms with Crippen LogP contribution in [0, 0.1) is 13.8 Å². The fourth-order valence-corrected chi connectivity index (χ4v) is 4.44. The molecule has 30 heavy (non-hydrogen) atoms. The van der Waals surface area contributed by atoms with E-state index in [0.29, 0.717) is 26.2 Å². The minimum absolute atomic E-state index is 0.00587. The van der Waals surface area contributed by atoms with Crippen molar-refractivity contribution in [3.05, 3.63) is 84.3 Å². The van der Waals surface area contributed by atoms with E-state index in [0.717, 1.165) is 9.44 Å². The molecule has 0 radical (unpaired) electrons. The van der Waals surface area contributed by atoms with E-state index in [9.17, 15) is 14.4 Å². The Morgan fingerprint density at radius 3 is 2.57 bits per heavy atom. The number of benzene rings is 1. The minimum Gasteiger partial charge on any atom is -0.368 e. The van der Waals surface area contributed by atoms with Gasteiger partial charge in [-0.3, -0.25) is 14.2 Å². The number of nitrogens with zero attached hydrogens (tertiary/aromatic N) is 3. The Morgan fingerprint density at radius 1 is 1.10 bits per heavy atom. The molecule has 0 bridgehead atoms. The number of carbonyl (C=O) groups excluding carboxylic acids is 1. The van der Waals surface area contributed by atoms with Crippen LogP contribution < -0.4 is 16.1 Å². The Bertz CT molecular complexity index is 1170. The standard InChI is InChI=1S/C22H24N4O3S/c1-15-5-6-16(2)19(12-15)24-7-9-25(10-8-24)20(27)18-13-23-22(29)26(21(18)28)14-17-4-3-11-30-17/h3-6,11-13H,7-10,14H2,1-2H3,(H,23,29). The van der Waals surface area contributed by atoms with Crippen LogP contribution in [0.2, 0.25) is 0 Å². The SMILES string of the molecule is Cc1ccc(C)c(N2CCN(C(=O)c3c[nH]c(=O)n(Cc4cccs4)c3=O)CC2)c1. The molecule has 0 unspecified atom stereocenters. The molecule has 1 amide bonds. The third kappa shape index (κ3) is 3.95. The van der Waals surface area contributed by atoms with Crippen molar-refractivity contribution in [2.75, 3.05) is 31.1 Å². The fraction of sp³-hybridized carbons (Fsp3) is 0.318. The maximum absolute atomic E-state index is 13.0. The van der Waals surface area contributed by atoms with E-state index in [2.05, 4.69) is 41.9 Å². The molecule has 3 heterocycles. The zero-order valence-electron chi connectivity index (χ0n) is 17.1. The van der Waals surface area contributed by atoms with E-state index < -0.39 is 11.2 Å². The van der Waals surface area contributed by atoms with Gasteiger partial charge in [-0.15, -0.1) is 11.3 Å². The molecule has 0 saturated carbocycles. The van der Waals surface area contributed by atoms with Crippen LogP contribution in [-0.2, 0) is 6.54 Å². The number of carbonyl (C=O) groups is 1. The van der Waals surface area contributed by atoms with Crippen molar-refractivity contribution in [1.29, 1.82) is 0 Å². The third-order valence-electron chi connectivity index (χ3n) is 5.46. The maximum atomic E-state index is 13.0. The number of hydrogen-bond acceptors (Lipinski definition) is 5. The monoisotopic (exact) mass is 424 g/mol. The van der Waals surface area contributed by atoms with Crippen LogP contribution in [0.5, 0.6) is 0 Å². The van der Waals surface area contributed by atoms with Crippen molar-refractivity contribution < 1.29 is 4.79 Å². The first kappa shape index (κ1) is 20.2. The first-order valence-electron chi connectivity index (χ1n) is 9.90. The zero-order chi connectivity index (χ0) is 21.3. The summed E-state index contributed by atoms with van der Waals surface area (Å²) >= 11 is 1.46. The number of aryl methyl sites for hydroxylation is 2. The van der Waals surface area contributed by atoms with Crippen molar-refractivity contribution in [3.63, 3.8) is 0 Å². The van der Waals surface area contributed by atoms with Gasteiger partial charge in [0, 0.05) is 42.9 Å². The molecule has 0 atom stereocenters. The zero-order valence-corrected chi connectivity index (χ0v) is 17.9. The Kier molecular flexibility index (Phi) is 5.59. The van der Waals surface area contributed by atoms with Crippen molar-refractivity contribution in [2.24, 2.45) is 0 Å². The number of aromatic amines is 1. The molecule has 156 valence electrons. The van der Waals surface area contributed by atoms with Crippen LogP contribution in [0.1, 0.15) is 26.4 Å². The lowest BCUT2D eigenvalue weighted by atomic mass is 10.1. The molecule has 0 spiro atoms. The Labute approximate surface area is 178 Å². The molecule has 4 rings (SSSR count). The van der Waals surface area contributed by atoms with E-state index in [4.69, 9.17) is 0 Å². The molecule has 8 heteroatoms. The van der Waals surface area contributed by atoms with Gasteiger partial charge in [0.15, 0.2) is 0 Å². The summed E-state index contributed by atoms with van der Waals surface area (Å²) in [4.78, 5) is 45.4. The largest absolute Gasteiger partial charge is 0.368 e. The highest BCUT2D eigenvalue weighted by Crippen LogP contribution is 2.23. The van der Waals surface area contributed by atoms with E-state index in [1.165, 1.54) is 34.3 Å². The summed E-state index contributed by atoms with van der Waals surface area (Å²) < 4.78 is 1.09. The Hall–Kier alpha value is -3.13. The average Bonchev–Trinajstić information content (AvgIpc) is 3.26. The summed E-state index contributed by atoms with van der Waals surface area (Å²) in [6.45, 7) is 6.76. The maximum Gasteiger partial charge on any atom is 0.328 e. The van der Waals surface area contributed by atoms with Crippen LogP contribution in [0.15, 0.2) is 51.5 Å². The highest BCUT2D eigenvalue weighted by atomic mass is 32.1. The molecule has 1 aliphatic rings. The van der Waals surface area contributed by atoms with E-state index in [1.807, 2.05) is 17.5 Å². The summed E-state index contributed by atoms with van der Waals surface area (Å²) in [5.41, 5.74) is 2.54. The number of rotatable bonds is 4. The molecule has 1 aliphatic heterocycles. The highest BCUT2D eigenvalue weighted by Gasteiger charge is 2.26. The summed E-state index contributed by atoms with van der Waals surface area (Å²) in [7, 11) is 0. The molecule has 1 saturated heterocycles. The topological polar surface area (TPSA) is 78.4 Å². The lowest BCUT2D eigenvalue weighted by Gasteiger charge is -2.36. The van der Waals surface area contributed by atoms with Crippen LogP contribution in [0.25, 0.3) is 0 Å². The van der Waals surface area contributed by atoms with Crippen LogP contribution in [0.4, 0.5) is 5.69 Å². The second-order valence-corrected chi connectivity index (χ2v) is 8.58. The lowest BCUT2D eigenvalue weighted by molar-refractivity contribution is 0.0743. The molecule has 0 aliphatic carbocycles. The first-order chi connectivity index (χ1) is 14.4. The minimum atomic E-state index is -0.547. The molecule has 1 aromatic carbocycles. The predicted octanol–water partition coefficient (Wildman–Crippen LogP) is 2.23. The van der Waals surface area contributed by atoms with Gasteiger partial charge in [-0.2, -0.15) is 0 Å². The van der Waals surface area contributed by atoms with E-state index >= 15 is 0 Å². The predicted molar refractivity (Wildman–Crippen MR) is 119 cm³/mol. The van der Waals surface area contributed by atoms with Gasteiger partial charge >= 0.3 is 5.69 Å². The summed E-state index contributed by atoms with van der Waals surface area (Å²) in [5.74, 6) is -0.336. The number of anilines is 1. The van der Waals surface area contributed by atoms with Crippen molar-refractivity contribution in [1.82, 2.24) is 14.5 Å². The number of piperazine rings is 1. The first-order valence-corrected chi connectivity index (χ1v) is 10.8. The number of amides is 1. The molecule has 3 aromatic rings. The average molecular weight is 425 g/mol. The van der Waals surface area contributed by atoms with Crippen LogP contribution >= 0.6 is 11.3 Å². The molecule has 1 N–H and O–H groups in total. The Balaban J connectivity index is 1.51. The van der Waals surface area contributed by atoms with Crippen LogP contribution in [0.3, 0.4) is 0 Å². The number of nitrogens with one attached hydrogen (secondary N) is 1. The van der Waals surface area contributed by atoms with Gasteiger partial charge in [0.1, 0.15) is 5.56 Å².